The number of hydrogen-bond acceptors (Lipinski definition) is 39. The average molecular weight is 1450 g/mol. The standard InChI is InChI=1S/C42H67N3O46S3/c46-1-4-22(83-40-19(58)13(52)14(53)28(89-40)32(61)62)10(49)8(44-93(73,74)75)38(80-4)87-26-16(55)21(60)42(91-30(26)34(65)66)85-24-6(3-48)81-39(9(12(24)51)45-94(76,77)78)88-27-17(56)20(59)41(90-31(27)35(67)68)84-23-5(2-47)79-37(7(11(23)50)43-92(70,71)72)86-25-15(54)18(57)36(69)82-29(25)33(63)64/h4-31,36-60,69H,1-3H2,(H,61,62)(H,63,64)(H,65,66)(H,67,68)(H,70,71,72)(H,73,74,75)(H,76,77,78)/t4-,5-,6-,7-,8-,9-,10-,11-,12-,13+,14+,15-,16-,17-,18-,19-,20-,21-,22-,23-,24-,25+,26+,27+,28+,29+,30+,31+,36-,37-,38-,39-,40-,41-,42-/m1/s1. The van der Waals surface area contributed by atoms with Gasteiger partial charge in [0.05, 0.1) is 19.8 Å². The first kappa shape index (κ1) is 77.7. The Labute approximate surface area is 524 Å². The first-order valence-corrected chi connectivity index (χ1v) is 31.2. The van der Waals surface area contributed by atoms with Gasteiger partial charge in [0.15, 0.2) is 68.4 Å². The van der Waals surface area contributed by atoms with E-state index in [4.69, 9.17) is 61.6 Å². The van der Waals surface area contributed by atoms with Crippen molar-refractivity contribution in [3.05, 3.63) is 0 Å². The van der Waals surface area contributed by atoms with E-state index in [0.717, 1.165) is 0 Å². The quantitative estimate of drug-likeness (QED) is 0.0377. The lowest BCUT2D eigenvalue weighted by molar-refractivity contribution is -0.380. The summed E-state index contributed by atoms with van der Waals surface area (Å²) in [5.74, 6) is -8.32. The minimum Gasteiger partial charge on any atom is -0.479 e. The van der Waals surface area contributed by atoms with Crippen molar-refractivity contribution in [2.75, 3.05) is 19.8 Å². The van der Waals surface area contributed by atoms with E-state index >= 15 is 0 Å². The minimum atomic E-state index is -5.70. The van der Waals surface area contributed by atoms with Crippen molar-refractivity contribution in [1.82, 2.24) is 14.2 Å². The van der Waals surface area contributed by atoms with E-state index < -0.39 is 289 Å². The molecule has 0 bridgehead atoms. The van der Waals surface area contributed by atoms with Gasteiger partial charge in [0.2, 0.25) is 0 Å². The maximum atomic E-state index is 12.8. The van der Waals surface area contributed by atoms with E-state index in [-0.39, 0.29) is 0 Å². The molecule has 0 amide bonds. The van der Waals surface area contributed by atoms with Crippen LogP contribution >= 0.6 is 0 Å². The predicted octanol–water partition coefficient (Wildman–Crippen LogP) is -17.7. The summed E-state index contributed by atoms with van der Waals surface area (Å²) in [6.45, 7) is -4.16. The van der Waals surface area contributed by atoms with E-state index in [1.807, 2.05) is 0 Å². The molecule has 0 aromatic rings. The molecule has 0 spiro atoms. The molecule has 0 radical (unpaired) electrons. The summed E-state index contributed by atoms with van der Waals surface area (Å²) in [6, 6.07) is -7.64. The van der Waals surface area contributed by atoms with Crippen LogP contribution in [0.3, 0.4) is 0 Å². The van der Waals surface area contributed by atoms with Gasteiger partial charge in [-0.15, -0.1) is 0 Å². The van der Waals surface area contributed by atoms with Gasteiger partial charge in [-0.3, -0.25) is 13.7 Å². The Morgan fingerprint density at radius 1 is 0.298 bits per heavy atom. The van der Waals surface area contributed by atoms with E-state index in [0.29, 0.717) is 0 Å². The first-order chi connectivity index (χ1) is 43.5. The summed E-state index contributed by atoms with van der Waals surface area (Å²) in [5.41, 5.74) is 0. The SMILES string of the molecule is O=C(O)[C@H]1O[C@@H](O[C@H]2[C@H](O)[C@@H](NS(=O)(=O)O)[C@@H](O[C@H]3[C@H](O)[C@@H](O)[C@H](O[C@H]4[C@H](O)[C@@H](NS(=O)(=O)O)[C@@H](O[C@H]5[C@H](O)[C@@H](O)[C@H](O[C@H]6[C@H](O)[C@@H](NS(=O)(=O)O)[C@@H](O[C@H]7[C@H](O)[C@@H](O)[C@H](O)O[C@@H]7C(=O)O)O[C@@H]6CO)O[C@@H]5C(=O)O)O[C@@H]4CO)O[C@@H]3C(=O)O)O[C@@H]2CO)[C@H](O)[C@@H](O)[C@@H]1O. The fraction of sp³-hybridized carbons (Fsp3) is 0.905. The molecular formula is C42H67N3O46S3. The first-order valence-electron chi connectivity index (χ1n) is 26.9. The highest BCUT2D eigenvalue weighted by atomic mass is 32.2. The largest absolute Gasteiger partial charge is 0.479 e. The summed E-state index contributed by atoms with van der Waals surface area (Å²) < 4.78 is 176. The summed E-state index contributed by atoms with van der Waals surface area (Å²) in [5, 5.41) is 212. The fourth-order valence-corrected chi connectivity index (χ4v) is 12.6. The highest BCUT2D eigenvalue weighted by Gasteiger charge is 2.61. The van der Waals surface area contributed by atoms with Crippen molar-refractivity contribution in [2.45, 2.75) is 215 Å². The Bertz CT molecular complexity index is 2960. The third kappa shape index (κ3) is 17.3. The molecule has 7 saturated heterocycles. The Kier molecular flexibility index (Phi) is 25.5. The average Bonchev–Trinajstić information content (AvgIpc) is 0.771. The maximum absolute atomic E-state index is 12.8. The van der Waals surface area contributed by atoms with Crippen molar-refractivity contribution in [3.8, 4) is 0 Å². The van der Waals surface area contributed by atoms with Gasteiger partial charge in [-0.1, -0.05) is 0 Å². The smallest absolute Gasteiger partial charge is 0.335 e. The molecule has 0 saturated carbocycles. The third-order valence-electron chi connectivity index (χ3n) is 15.4. The second-order valence-electron chi connectivity index (χ2n) is 21.6. The molecular weight excluding hydrogens is 1380 g/mol. The Morgan fingerprint density at radius 3 is 0.809 bits per heavy atom. The molecule has 52 heteroatoms. The van der Waals surface area contributed by atoms with Crippen LogP contribution in [0, 0.1) is 0 Å². The van der Waals surface area contributed by atoms with Crippen LogP contribution in [-0.2, 0) is 112 Å². The third-order valence-corrected chi connectivity index (χ3v) is 17.1. The molecule has 0 aromatic carbocycles. The maximum Gasteiger partial charge on any atom is 0.335 e. The summed E-state index contributed by atoms with van der Waals surface area (Å²) in [7, 11) is -16.8. The van der Waals surface area contributed by atoms with E-state index in [1.165, 1.54) is 14.2 Å². The monoisotopic (exact) mass is 1450 g/mol. The normalized spacial score (nSPS) is 46.7. The zero-order valence-corrected chi connectivity index (χ0v) is 49.2. The minimum absolute atomic E-state index is 1.33. The lowest BCUT2D eigenvalue weighted by atomic mass is 9.94. The lowest BCUT2D eigenvalue weighted by Gasteiger charge is -2.50. The molecule has 94 heavy (non-hydrogen) atoms. The van der Waals surface area contributed by atoms with Crippen LogP contribution in [0.15, 0.2) is 0 Å². The van der Waals surface area contributed by atoms with Crippen molar-refractivity contribution in [3.63, 3.8) is 0 Å². The van der Waals surface area contributed by atoms with Crippen molar-refractivity contribution < 1.29 is 222 Å². The van der Waals surface area contributed by atoms with Crippen LogP contribution in [0.1, 0.15) is 0 Å². The van der Waals surface area contributed by atoms with E-state index in [9.17, 15) is 160 Å². The van der Waals surface area contributed by atoms with Crippen LogP contribution in [0.4, 0.5) is 0 Å². The number of aliphatic carboxylic acids is 4. The van der Waals surface area contributed by atoms with Gasteiger partial charge < -0.3 is 164 Å². The van der Waals surface area contributed by atoms with Gasteiger partial charge in [0.1, 0.15) is 146 Å². The molecule has 7 aliphatic heterocycles. The van der Waals surface area contributed by atoms with Crippen molar-refractivity contribution in [1.29, 1.82) is 0 Å². The Balaban J connectivity index is 1.08. The molecule has 35 atom stereocenters. The topological polar surface area (TPSA) is 792 Å². The Morgan fingerprint density at radius 2 is 0.543 bits per heavy atom. The van der Waals surface area contributed by atoms with Crippen LogP contribution in [0.5, 0.6) is 0 Å². The summed E-state index contributed by atoms with van der Waals surface area (Å²) >= 11 is 0. The fourth-order valence-electron chi connectivity index (χ4n) is 10.8. The van der Waals surface area contributed by atoms with E-state index in [1.54, 1.807) is 0 Å². The van der Waals surface area contributed by atoms with Crippen LogP contribution in [-0.4, -0.2) is 399 Å². The van der Waals surface area contributed by atoms with Crippen LogP contribution in [0.25, 0.3) is 0 Å². The molecule has 7 rings (SSSR count). The predicted molar refractivity (Wildman–Crippen MR) is 271 cm³/mol. The molecule has 0 aromatic heterocycles. The zero-order chi connectivity index (χ0) is 70.5. The van der Waals surface area contributed by atoms with Gasteiger partial charge in [0, 0.05) is 0 Å². The second-order valence-corrected chi connectivity index (χ2v) is 25.2. The number of aliphatic hydroxyl groups excluding tert-OH is 16. The zero-order valence-electron chi connectivity index (χ0n) is 46.7. The number of nitrogens with one attached hydrogen (secondary N) is 3. The van der Waals surface area contributed by atoms with Crippen molar-refractivity contribution in [2.24, 2.45) is 0 Å². The molecule has 544 valence electrons. The van der Waals surface area contributed by atoms with Gasteiger partial charge in [-0.05, 0) is 0 Å². The lowest BCUT2D eigenvalue weighted by Crippen LogP contribution is -2.71. The number of carbonyl (C=O) groups is 4. The summed E-state index contributed by atoms with van der Waals surface area (Å²) in [6.07, 6.45) is -79.7. The highest BCUT2D eigenvalue weighted by Crippen LogP contribution is 2.38. The Hall–Kier alpha value is -3.67. The molecule has 0 aliphatic carbocycles. The number of rotatable bonds is 25. The molecule has 7 fully saturated rings. The van der Waals surface area contributed by atoms with Crippen LogP contribution in [0.2, 0.25) is 0 Å². The molecule has 7 aliphatic rings. The number of carboxylic acids is 4. The molecule has 49 nitrogen and oxygen atoms in total. The van der Waals surface area contributed by atoms with Gasteiger partial charge in [0.25, 0.3) is 0 Å². The molecule has 26 N–H and O–H groups in total. The van der Waals surface area contributed by atoms with Crippen molar-refractivity contribution >= 4 is 54.8 Å². The van der Waals surface area contributed by atoms with E-state index in [2.05, 4.69) is 0 Å². The highest BCUT2D eigenvalue weighted by molar-refractivity contribution is 7.84. The van der Waals surface area contributed by atoms with Gasteiger partial charge in [-0.25, -0.2) is 19.2 Å². The number of ether oxygens (including phenoxy) is 13. The molecule has 0 unspecified atom stereocenters. The second kappa shape index (κ2) is 30.8. The van der Waals surface area contributed by atoms with Gasteiger partial charge in [-0.2, -0.15) is 39.4 Å². The number of aliphatic hydroxyl groups is 16. The van der Waals surface area contributed by atoms with Crippen LogP contribution < -0.4 is 14.2 Å². The number of carboxylic acid groups (broad SMARTS) is 4. The summed E-state index contributed by atoms with van der Waals surface area (Å²) in [4.78, 5) is 49.3. The van der Waals surface area contributed by atoms with Gasteiger partial charge >= 0.3 is 54.8 Å². The molecule has 7 heterocycles. The number of hydrogen-bond donors (Lipinski definition) is 26.